The van der Waals surface area contributed by atoms with Gasteiger partial charge < -0.3 is 20.1 Å². The van der Waals surface area contributed by atoms with Gasteiger partial charge in [-0.2, -0.15) is 0 Å². The Bertz CT molecular complexity index is 998. The number of nitrogens with one attached hydrogen (secondary N) is 2. The molecule has 0 aromatic carbocycles. The molecule has 2 aromatic rings. The maximum atomic E-state index is 13.5. The first-order valence-corrected chi connectivity index (χ1v) is 11.3. The molecule has 170 valence electrons. The molecule has 0 saturated heterocycles. The molecule has 9 nitrogen and oxygen atoms in total. The zero-order valence-electron chi connectivity index (χ0n) is 18.6. The van der Waals surface area contributed by atoms with Crippen molar-refractivity contribution in [2.45, 2.75) is 70.6 Å². The van der Waals surface area contributed by atoms with Crippen molar-refractivity contribution >= 4 is 17.7 Å². The minimum atomic E-state index is -1.03. The monoisotopic (exact) mass is 438 g/mol. The average Bonchev–Trinajstić information content (AvgIpc) is 3.45. The van der Waals surface area contributed by atoms with Crippen molar-refractivity contribution in [1.82, 2.24) is 30.1 Å². The number of imidazole rings is 1. The minimum Gasteiger partial charge on any atom is -0.351 e. The normalized spacial score (nSPS) is 20.8. The van der Waals surface area contributed by atoms with E-state index in [4.69, 9.17) is 0 Å². The summed E-state index contributed by atoms with van der Waals surface area (Å²) in [7, 11) is 0. The summed E-state index contributed by atoms with van der Waals surface area (Å²) in [6, 6.07) is 3.82. The van der Waals surface area contributed by atoms with Crippen LogP contribution in [0.15, 0.2) is 30.9 Å². The van der Waals surface area contributed by atoms with Crippen LogP contribution in [-0.4, -0.2) is 55.3 Å². The van der Waals surface area contributed by atoms with Gasteiger partial charge in [0.05, 0.1) is 12.9 Å². The molecule has 3 amide bonds. The first-order chi connectivity index (χ1) is 15.4. The van der Waals surface area contributed by atoms with Crippen molar-refractivity contribution in [3.05, 3.63) is 47.8 Å². The molecule has 0 unspecified atom stereocenters. The molecule has 1 aliphatic heterocycles. The fraction of sp³-hybridized carbons (Fsp3) is 0.522. The molecule has 0 radical (unpaired) electrons. The van der Waals surface area contributed by atoms with E-state index in [1.165, 1.54) is 6.33 Å². The molecule has 1 fully saturated rings. The van der Waals surface area contributed by atoms with Gasteiger partial charge >= 0.3 is 0 Å². The number of hydrogen-bond acceptors (Lipinski definition) is 5. The van der Waals surface area contributed by atoms with E-state index in [1.807, 2.05) is 13.0 Å². The highest BCUT2D eigenvalue weighted by Gasteiger charge is 2.48. The van der Waals surface area contributed by atoms with E-state index in [9.17, 15) is 14.4 Å². The van der Waals surface area contributed by atoms with E-state index in [2.05, 4.69) is 20.6 Å². The smallest absolute Gasteiger partial charge is 0.273 e. The highest BCUT2D eigenvalue weighted by molar-refractivity contribution is 6.07. The first kappa shape index (κ1) is 22.0. The van der Waals surface area contributed by atoms with Crippen LogP contribution >= 0.6 is 0 Å². The van der Waals surface area contributed by atoms with Crippen molar-refractivity contribution < 1.29 is 14.4 Å². The third-order valence-corrected chi connectivity index (χ3v) is 6.38. The second-order valence-electron chi connectivity index (χ2n) is 8.80. The molecular formula is C23H30N6O3. The summed E-state index contributed by atoms with van der Waals surface area (Å²) in [4.78, 5) is 49.5. The van der Waals surface area contributed by atoms with E-state index in [0.29, 0.717) is 13.0 Å². The average molecular weight is 439 g/mol. The van der Waals surface area contributed by atoms with Crippen LogP contribution in [0.3, 0.4) is 0 Å². The summed E-state index contributed by atoms with van der Waals surface area (Å²) in [5.41, 5.74) is 0.128. The molecule has 32 heavy (non-hydrogen) atoms. The van der Waals surface area contributed by atoms with Crippen LogP contribution in [-0.2, 0) is 17.9 Å². The maximum absolute atomic E-state index is 13.5. The Morgan fingerprint density at radius 2 is 2.06 bits per heavy atom. The number of carbonyl (C=O) groups is 3. The van der Waals surface area contributed by atoms with Crippen LogP contribution < -0.4 is 10.6 Å². The van der Waals surface area contributed by atoms with Gasteiger partial charge in [-0.3, -0.25) is 19.4 Å². The lowest BCUT2D eigenvalue weighted by Gasteiger charge is -2.44. The van der Waals surface area contributed by atoms with Crippen LogP contribution in [0.2, 0.25) is 0 Å². The molecule has 1 atom stereocenters. The van der Waals surface area contributed by atoms with Crippen molar-refractivity contribution in [2.24, 2.45) is 0 Å². The Hall–Kier alpha value is -3.23. The summed E-state index contributed by atoms with van der Waals surface area (Å²) in [6.07, 6.45) is 9.70. The van der Waals surface area contributed by atoms with E-state index >= 15 is 0 Å². The first-order valence-electron chi connectivity index (χ1n) is 11.3. The molecule has 2 N–H and O–H groups in total. The van der Waals surface area contributed by atoms with E-state index in [1.54, 1.807) is 34.9 Å². The number of pyridine rings is 1. The molecular weight excluding hydrogens is 408 g/mol. The van der Waals surface area contributed by atoms with Crippen molar-refractivity contribution in [2.75, 3.05) is 6.54 Å². The highest BCUT2D eigenvalue weighted by Crippen LogP contribution is 2.30. The number of nitrogens with zero attached hydrogens (tertiary/aromatic N) is 4. The number of hydrogen-bond donors (Lipinski definition) is 2. The van der Waals surface area contributed by atoms with Gasteiger partial charge in [-0.05, 0) is 37.8 Å². The van der Waals surface area contributed by atoms with E-state index < -0.39 is 11.4 Å². The second-order valence-corrected chi connectivity index (χ2v) is 8.80. The zero-order chi connectivity index (χ0) is 22.7. The Morgan fingerprint density at radius 1 is 1.28 bits per heavy atom. The summed E-state index contributed by atoms with van der Waals surface area (Å²) in [6.45, 7) is 4.74. The molecule has 2 aliphatic rings. The second kappa shape index (κ2) is 9.10. The third-order valence-electron chi connectivity index (χ3n) is 6.38. The number of fused-ring (bicyclic) bond motifs is 1. The summed E-state index contributed by atoms with van der Waals surface area (Å²) >= 11 is 0. The van der Waals surface area contributed by atoms with Gasteiger partial charge in [-0.25, -0.2) is 4.98 Å². The number of amides is 3. The quantitative estimate of drug-likeness (QED) is 0.686. The lowest BCUT2D eigenvalue weighted by Crippen LogP contribution is -2.65. The number of rotatable bonds is 7. The van der Waals surface area contributed by atoms with Gasteiger partial charge in [-0.1, -0.05) is 25.8 Å². The van der Waals surface area contributed by atoms with Gasteiger partial charge in [0.15, 0.2) is 5.69 Å². The summed E-state index contributed by atoms with van der Waals surface area (Å²) < 4.78 is 1.64. The molecule has 1 saturated carbocycles. The van der Waals surface area contributed by atoms with Gasteiger partial charge in [0, 0.05) is 31.5 Å². The van der Waals surface area contributed by atoms with Crippen molar-refractivity contribution in [3.63, 3.8) is 0 Å². The van der Waals surface area contributed by atoms with Crippen LogP contribution in [0.25, 0.3) is 0 Å². The van der Waals surface area contributed by atoms with Crippen LogP contribution in [0.1, 0.15) is 72.5 Å². The van der Waals surface area contributed by atoms with Gasteiger partial charge in [0.25, 0.3) is 11.8 Å². The Labute approximate surface area is 187 Å². The maximum Gasteiger partial charge on any atom is 0.273 e. The Morgan fingerprint density at radius 3 is 2.75 bits per heavy atom. The summed E-state index contributed by atoms with van der Waals surface area (Å²) in [5, 5.41) is 5.95. The fourth-order valence-electron chi connectivity index (χ4n) is 4.61. The van der Waals surface area contributed by atoms with Gasteiger partial charge in [0.1, 0.15) is 11.2 Å². The molecule has 2 aromatic heterocycles. The lowest BCUT2D eigenvalue weighted by molar-refractivity contribution is -0.133. The van der Waals surface area contributed by atoms with Crippen LogP contribution in [0.4, 0.5) is 0 Å². The van der Waals surface area contributed by atoms with E-state index in [-0.39, 0.29) is 42.3 Å². The van der Waals surface area contributed by atoms with Crippen molar-refractivity contribution in [1.29, 1.82) is 0 Å². The largest absolute Gasteiger partial charge is 0.351 e. The molecule has 3 heterocycles. The highest BCUT2D eigenvalue weighted by atomic mass is 16.2. The lowest BCUT2D eigenvalue weighted by atomic mass is 9.93. The molecule has 1 aliphatic carbocycles. The molecule has 0 bridgehead atoms. The number of aromatic nitrogens is 3. The predicted molar refractivity (Wildman–Crippen MR) is 118 cm³/mol. The fourth-order valence-corrected chi connectivity index (χ4v) is 4.61. The Kier molecular flexibility index (Phi) is 6.25. The SMILES string of the molecule is CCCN1C(=O)c2c(C(=O)NCc3cccnc3)ncn2C[C@]1(C)C(=O)NC1CCCC1. The Balaban J connectivity index is 1.57. The number of carbonyl (C=O) groups excluding carboxylic acids is 3. The van der Waals surface area contributed by atoms with Crippen molar-refractivity contribution in [3.8, 4) is 0 Å². The molecule has 4 rings (SSSR count). The topological polar surface area (TPSA) is 109 Å². The molecule has 0 spiro atoms. The van der Waals surface area contributed by atoms with Crippen LogP contribution in [0, 0.1) is 0 Å². The zero-order valence-corrected chi connectivity index (χ0v) is 18.6. The minimum absolute atomic E-state index is 0.0817. The molecule has 9 heteroatoms. The van der Waals surface area contributed by atoms with E-state index in [0.717, 1.165) is 31.2 Å². The van der Waals surface area contributed by atoms with Gasteiger partial charge in [0.2, 0.25) is 5.91 Å². The summed E-state index contributed by atoms with van der Waals surface area (Å²) in [5.74, 6) is -0.911. The predicted octanol–water partition coefficient (Wildman–Crippen LogP) is 1.89. The third kappa shape index (κ3) is 4.11. The van der Waals surface area contributed by atoms with Gasteiger partial charge in [-0.15, -0.1) is 0 Å². The standard InChI is InChI=1S/C23H30N6O3/c1-3-11-29-21(31)19-18(20(30)25-13-16-7-6-10-24-12-16)26-15-28(19)14-23(29,2)22(32)27-17-8-4-5-9-17/h6-7,10,12,15,17H,3-5,8-9,11,13-14H2,1-2H3,(H,25,30)(H,27,32)/t23-/m1/s1. The van der Waals surface area contributed by atoms with Crippen LogP contribution in [0.5, 0.6) is 0 Å².